The Morgan fingerprint density at radius 3 is 2.55 bits per heavy atom. The summed E-state index contributed by atoms with van der Waals surface area (Å²) in [7, 11) is 0. The number of anilines is 1. The number of hydrogen-bond donors (Lipinski definition) is 1. The highest BCUT2D eigenvalue weighted by Gasteiger charge is 2.39. The van der Waals surface area contributed by atoms with Gasteiger partial charge in [-0.25, -0.2) is 14.4 Å². The van der Waals surface area contributed by atoms with Crippen molar-refractivity contribution in [2.45, 2.75) is 57.8 Å². The van der Waals surface area contributed by atoms with Crippen LogP contribution in [0.1, 0.15) is 43.7 Å². The Morgan fingerprint density at radius 2 is 1.85 bits per heavy atom. The Hall–Kier alpha value is -3.36. The van der Waals surface area contributed by atoms with Crippen LogP contribution in [0.4, 0.5) is 23.2 Å². The maximum Gasteiger partial charge on any atom is 0.423 e. The van der Waals surface area contributed by atoms with Crippen molar-refractivity contribution in [3.05, 3.63) is 80.6 Å². The van der Waals surface area contributed by atoms with Crippen molar-refractivity contribution in [2.75, 3.05) is 5.32 Å². The van der Waals surface area contributed by atoms with E-state index in [4.69, 9.17) is 0 Å². The van der Waals surface area contributed by atoms with E-state index in [1.54, 1.807) is 30.7 Å². The van der Waals surface area contributed by atoms with E-state index in [2.05, 4.69) is 20.4 Å². The Morgan fingerprint density at radius 1 is 1.10 bits per heavy atom. The minimum absolute atomic E-state index is 0.0109. The summed E-state index contributed by atoms with van der Waals surface area (Å²) in [6.45, 7) is 2.30. The van der Waals surface area contributed by atoms with E-state index in [9.17, 15) is 22.8 Å². The molecule has 0 saturated heterocycles. The molecule has 0 spiro atoms. The fraction of sp³-hybridized carbons (Fsp3) is 0.370. The second kappa shape index (κ2) is 11.3. The molecule has 0 radical (unpaired) electrons. The Bertz CT molecular complexity index is 1670. The molecule has 1 fully saturated rings. The molecule has 0 amide bonds. The van der Waals surface area contributed by atoms with Gasteiger partial charge in [0.2, 0.25) is 0 Å². The van der Waals surface area contributed by atoms with Crippen LogP contribution in [0, 0.1) is 11.7 Å². The summed E-state index contributed by atoms with van der Waals surface area (Å²) >= 11 is 1.41. The molecule has 1 saturated carbocycles. The smallest absolute Gasteiger partial charge is 0.380 e. The summed E-state index contributed by atoms with van der Waals surface area (Å²) in [5, 5.41) is 7.38. The van der Waals surface area contributed by atoms with Gasteiger partial charge in [-0.05, 0) is 60.7 Å². The zero-order valence-corrected chi connectivity index (χ0v) is 23.5. The number of nitrogens with zero attached hydrogens (tertiary/aromatic N) is 5. The molecule has 0 unspecified atom stereocenters. The summed E-state index contributed by atoms with van der Waals surface area (Å²) in [5.41, 5.74) is -2.08. The first-order valence-electron chi connectivity index (χ1n) is 12.8. The predicted octanol–water partition coefficient (Wildman–Crippen LogP) is 5.60. The van der Waals surface area contributed by atoms with Crippen LogP contribution in [0.2, 0.25) is 0 Å². The minimum atomic E-state index is -4.83. The largest absolute Gasteiger partial charge is 0.423 e. The van der Waals surface area contributed by atoms with Gasteiger partial charge in [-0.15, -0.1) is 0 Å². The number of fused-ring (bicyclic) bond motifs is 1. The molecule has 40 heavy (non-hydrogen) atoms. The van der Waals surface area contributed by atoms with E-state index < -0.39 is 23.1 Å². The van der Waals surface area contributed by atoms with Crippen LogP contribution in [-0.4, -0.2) is 28.6 Å². The normalized spacial score (nSPS) is 17.8. The molecule has 2 atom stereocenters. The van der Waals surface area contributed by atoms with Gasteiger partial charge >= 0.3 is 6.18 Å². The topological polar surface area (TPSA) is 94.7 Å². The van der Waals surface area contributed by atoms with Crippen LogP contribution in [0.15, 0.2) is 52.6 Å². The number of aromatic nitrogens is 5. The minimum Gasteiger partial charge on any atom is -0.380 e. The SMILES string of the molecule is CCc1cnc(-c2cc3ccn(C[C@@H]4CCC[C@H](Nc5cnn(I)c(=O)c5C(F)(F)F)C4)c(=O)c3cc2F)nc1. The Labute approximate surface area is 240 Å². The first kappa shape index (κ1) is 28.2. The third-order valence-corrected chi connectivity index (χ3v) is 7.93. The standard InChI is InChI=1S/C27H25F4IN6O2/c1-2-15-11-33-24(34-12-15)20-9-17-6-7-37(25(39)19(17)10-21(20)28)14-16-4-3-5-18(8-16)36-22-13-35-38(32)26(40)23(22)27(29,30)31/h6-7,9-13,16,18,36H,2-5,8,14H2,1H3/t16-,18+/m1/s1. The molecule has 1 aliphatic rings. The number of aryl methyl sites for hydroxylation is 1. The highest BCUT2D eigenvalue weighted by atomic mass is 127. The number of nitrogens with one attached hydrogen (secondary N) is 1. The van der Waals surface area contributed by atoms with Gasteiger partial charge in [-0.1, -0.05) is 13.3 Å². The fourth-order valence-electron chi connectivity index (χ4n) is 5.20. The van der Waals surface area contributed by atoms with Crippen molar-refractivity contribution in [1.82, 2.24) is 22.5 Å². The number of pyridine rings is 1. The monoisotopic (exact) mass is 668 g/mol. The molecule has 1 aliphatic carbocycles. The summed E-state index contributed by atoms with van der Waals surface area (Å²) in [6.07, 6.45) is 4.50. The molecule has 0 aliphatic heterocycles. The van der Waals surface area contributed by atoms with Crippen LogP contribution in [0.25, 0.3) is 22.2 Å². The van der Waals surface area contributed by atoms with Crippen LogP contribution in [-0.2, 0) is 19.1 Å². The molecule has 0 bridgehead atoms. The number of rotatable bonds is 6. The number of alkyl halides is 3. The van der Waals surface area contributed by atoms with Crippen molar-refractivity contribution in [1.29, 1.82) is 0 Å². The van der Waals surface area contributed by atoms with Gasteiger partial charge in [-0.2, -0.15) is 21.2 Å². The van der Waals surface area contributed by atoms with Gasteiger partial charge in [0.1, 0.15) is 11.4 Å². The maximum atomic E-state index is 15.0. The van der Waals surface area contributed by atoms with E-state index in [0.29, 0.717) is 27.7 Å². The van der Waals surface area contributed by atoms with E-state index >= 15 is 4.39 Å². The first-order valence-corrected chi connectivity index (χ1v) is 13.8. The molecule has 13 heteroatoms. The fourth-order valence-corrected chi connectivity index (χ4v) is 5.57. The molecular formula is C27H25F4IN6O2. The molecule has 8 nitrogen and oxygen atoms in total. The molecule has 3 aromatic heterocycles. The van der Waals surface area contributed by atoms with Crippen molar-refractivity contribution in [2.24, 2.45) is 5.92 Å². The number of halogens is 5. The molecule has 1 aromatic carbocycles. The third-order valence-electron chi connectivity index (χ3n) is 7.24. The van der Waals surface area contributed by atoms with Gasteiger partial charge in [0, 0.05) is 31.2 Å². The van der Waals surface area contributed by atoms with E-state index in [-0.39, 0.29) is 40.0 Å². The summed E-state index contributed by atoms with van der Waals surface area (Å²) in [6, 6.07) is 4.17. The lowest BCUT2D eigenvalue weighted by Crippen LogP contribution is -2.34. The van der Waals surface area contributed by atoms with Crippen molar-refractivity contribution in [3.8, 4) is 11.4 Å². The molecule has 3 heterocycles. The summed E-state index contributed by atoms with van der Waals surface area (Å²) in [5.74, 6) is -0.375. The van der Waals surface area contributed by atoms with Crippen molar-refractivity contribution < 1.29 is 17.6 Å². The van der Waals surface area contributed by atoms with Crippen LogP contribution in [0.5, 0.6) is 0 Å². The van der Waals surface area contributed by atoms with Crippen LogP contribution >= 0.6 is 22.9 Å². The van der Waals surface area contributed by atoms with E-state index in [0.717, 1.165) is 31.0 Å². The predicted molar refractivity (Wildman–Crippen MR) is 151 cm³/mol. The van der Waals surface area contributed by atoms with Crippen molar-refractivity contribution in [3.63, 3.8) is 0 Å². The van der Waals surface area contributed by atoms with Gasteiger partial charge < -0.3 is 9.88 Å². The van der Waals surface area contributed by atoms with Gasteiger partial charge in [0.15, 0.2) is 5.82 Å². The highest BCUT2D eigenvalue weighted by molar-refractivity contribution is 14.1. The zero-order chi connectivity index (χ0) is 28.6. The second-order valence-corrected chi connectivity index (χ2v) is 10.8. The quantitative estimate of drug-likeness (QED) is 0.212. The van der Waals surface area contributed by atoms with Crippen molar-refractivity contribution >= 4 is 39.3 Å². The average Bonchev–Trinajstić information content (AvgIpc) is 2.92. The van der Waals surface area contributed by atoms with Gasteiger partial charge in [0.25, 0.3) is 11.1 Å². The second-order valence-electron chi connectivity index (χ2n) is 9.93. The van der Waals surface area contributed by atoms with E-state index in [1.807, 2.05) is 6.92 Å². The van der Waals surface area contributed by atoms with E-state index in [1.165, 1.54) is 33.5 Å². The zero-order valence-electron chi connectivity index (χ0n) is 21.4. The number of hydrogen-bond acceptors (Lipinski definition) is 6. The molecule has 1 N–H and O–H groups in total. The molecule has 210 valence electrons. The Kier molecular flexibility index (Phi) is 7.93. The average molecular weight is 668 g/mol. The third kappa shape index (κ3) is 5.74. The lowest BCUT2D eigenvalue weighted by molar-refractivity contribution is -0.138. The highest BCUT2D eigenvalue weighted by Crippen LogP contribution is 2.34. The number of benzene rings is 1. The van der Waals surface area contributed by atoms with Crippen LogP contribution < -0.4 is 16.4 Å². The van der Waals surface area contributed by atoms with Gasteiger partial charge in [-0.3, -0.25) is 9.59 Å². The summed E-state index contributed by atoms with van der Waals surface area (Å²) in [4.78, 5) is 33.9. The van der Waals surface area contributed by atoms with Gasteiger partial charge in [0.05, 0.1) is 45.7 Å². The lowest BCUT2D eigenvalue weighted by Gasteiger charge is -2.31. The first-order chi connectivity index (χ1) is 19.0. The summed E-state index contributed by atoms with van der Waals surface area (Å²) < 4.78 is 58.0. The molecule has 5 rings (SSSR count). The molecular weight excluding hydrogens is 643 g/mol. The lowest BCUT2D eigenvalue weighted by atomic mass is 9.85. The van der Waals surface area contributed by atoms with Crippen LogP contribution in [0.3, 0.4) is 0 Å². The Balaban J connectivity index is 1.36. The molecule has 4 aromatic rings. The maximum absolute atomic E-state index is 15.0.